The molecule has 2 atom stereocenters. The average molecular weight is 516 g/mol. The smallest absolute Gasteiger partial charge is 0.227 e. The van der Waals surface area contributed by atoms with E-state index >= 15 is 0 Å². The topological polar surface area (TPSA) is 72.9 Å². The number of benzene rings is 2. The number of carbonyl (C=O) groups excluding carboxylic acids is 2. The molecule has 2 fully saturated rings. The summed E-state index contributed by atoms with van der Waals surface area (Å²) >= 11 is 0. The highest BCUT2D eigenvalue weighted by atomic mass is 16.3. The Morgan fingerprint density at radius 3 is 2.21 bits per heavy atom. The van der Waals surface area contributed by atoms with Crippen LogP contribution in [0.25, 0.3) is 0 Å². The summed E-state index contributed by atoms with van der Waals surface area (Å²) in [6.07, 6.45) is 5.08. The van der Waals surface area contributed by atoms with Gasteiger partial charge in [-0.2, -0.15) is 0 Å². The van der Waals surface area contributed by atoms with E-state index in [4.69, 9.17) is 0 Å². The normalized spacial score (nSPS) is 18.7. The molecule has 0 saturated carbocycles. The number of nitrogens with zero attached hydrogens (tertiary/aromatic N) is 2. The van der Waals surface area contributed by atoms with Crippen LogP contribution < -0.4 is 5.32 Å². The Balaban J connectivity index is 1.22. The highest BCUT2D eigenvalue weighted by molar-refractivity contribution is 5.83. The van der Waals surface area contributed by atoms with Crippen LogP contribution in [0.5, 0.6) is 5.75 Å². The fourth-order valence-electron chi connectivity index (χ4n) is 5.89. The second kappa shape index (κ2) is 13.5. The summed E-state index contributed by atoms with van der Waals surface area (Å²) in [4.78, 5) is 30.6. The molecule has 2 N–H and O–H groups in total. The van der Waals surface area contributed by atoms with E-state index in [1.165, 1.54) is 0 Å². The predicted octanol–water partition coefficient (Wildman–Crippen LogP) is 4.65. The Labute approximate surface area is 227 Å². The number of phenols is 1. The number of hydrogen-bond donors (Lipinski definition) is 2. The third-order valence-corrected chi connectivity index (χ3v) is 8.13. The summed E-state index contributed by atoms with van der Waals surface area (Å²) < 4.78 is 0. The van der Waals surface area contributed by atoms with E-state index in [1.54, 1.807) is 19.1 Å². The van der Waals surface area contributed by atoms with Gasteiger partial charge in [0.1, 0.15) is 5.75 Å². The van der Waals surface area contributed by atoms with E-state index in [2.05, 4.69) is 29.0 Å². The summed E-state index contributed by atoms with van der Waals surface area (Å²) in [6.45, 7) is 7.39. The Hall–Kier alpha value is -3.30. The molecule has 2 saturated heterocycles. The molecule has 0 aromatic heterocycles. The number of piperidine rings is 2. The molecule has 202 valence electrons. The summed E-state index contributed by atoms with van der Waals surface area (Å²) in [5.74, 6) is 6.38. The van der Waals surface area contributed by atoms with Crippen molar-refractivity contribution in [3.63, 3.8) is 0 Å². The average Bonchev–Trinajstić information content (AvgIpc) is 2.95. The number of likely N-dealkylation sites (tertiary alicyclic amines) is 2. The summed E-state index contributed by atoms with van der Waals surface area (Å²) in [5, 5.41) is 12.9. The first kappa shape index (κ1) is 27.7. The minimum absolute atomic E-state index is 0.0898. The lowest BCUT2D eigenvalue weighted by Gasteiger charge is -2.42. The third-order valence-electron chi connectivity index (χ3n) is 8.13. The molecule has 1 unspecified atom stereocenters. The van der Waals surface area contributed by atoms with Crippen molar-refractivity contribution >= 4 is 11.8 Å². The number of hydrogen-bond acceptors (Lipinski definition) is 4. The molecule has 6 nitrogen and oxygen atoms in total. The van der Waals surface area contributed by atoms with Crippen LogP contribution in [0, 0.1) is 11.8 Å². The number of carbonyl (C=O) groups is 2. The molecule has 2 aromatic carbocycles. The maximum Gasteiger partial charge on any atom is 0.227 e. The highest BCUT2D eigenvalue weighted by Crippen LogP contribution is 2.26. The van der Waals surface area contributed by atoms with E-state index in [1.807, 2.05) is 47.4 Å². The minimum atomic E-state index is -0.158. The van der Waals surface area contributed by atoms with Crippen molar-refractivity contribution < 1.29 is 14.7 Å². The van der Waals surface area contributed by atoms with Crippen molar-refractivity contribution in [1.82, 2.24) is 15.1 Å². The van der Waals surface area contributed by atoms with Gasteiger partial charge < -0.3 is 20.2 Å². The van der Waals surface area contributed by atoms with Gasteiger partial charge in [0.15, 0.2) is 0 Å². The zero-order valence-electron chi connectivity index (χ0n) is 22.7. The molecule has 2 aliphatic rings. The molecule has 0 spiro atoms. The molecule has 0 radical (unpaired) electrons. The Kier molecular flexibility index (Phi) is 9.84. The third kappa shape index (κ3) is 7.17. The molecular formula is C32H41N3O3. The molecule has 38 heavy (non-hydrogen) atoms. The fourth-order valence-corrected chi connectivity index (χ4v) is 5.89. The zero-order chi connectivity index (χ0) is 26.9. The largest absolute Gasteiger partial charge is 0.508 e. The maximum absolute atomic E-state index is 13.1. The van der Waals surface area contributed by atoms with Gasteiger partial charge >= 0.3 is 0 Å². The van der Waals surface area contributed by atoms with Crippen molar-refractivity contribution in [1.29, 1.82) is 0 Å². The molecule has 2 amide bonds. The Morgan fingerprint density at radius 1 is 0.947 bits per heavy atom. The molecule has 4 rings (SSSR count). The molecule has 2 aromatic rings. The van der Waals surface area contributed by atoms with Gasteiger partial charge in [-0.25, -0.2) is 0 Å². The number of phenolic OH excluding ortho intramolecular Hbond substituents is 1. The SMILES string of the molecule is CC#C[C@@H](CC(=O)N1CCC(N2CCC(NC(=O)C(CC)c3ccccc3)CC2)CC1)c1ccc(O)cc1. The molecular weight excluding hydrogens is 474 g/mol. The van der Waals surface area contributed by atoms with Gasteiger partial charge in [0.05, 0.1) is 11.8 Å². The summed E-state index contributed by atoms with van der Waals surface area (Å²) in [7, 11) is 0. The number of aromatic hydroxyl groups is 1. The van der Waals surface area contributed by atoms with Crippen molar-refractivity contribution in [3.05, 3.63) is 65.7 Å². The zero-order valence-corrected chi connectivity index (χ0v) is 22.7. The van der Waals surface area contributed by atoms with E-state index in [0.29, 0.717) is 12.5 Å². The van der Waals surface area contributed by atoms with Crippen molar-refractivity contribution in [2.24, 2.45) is 0 Å². The van der Waals surface area contributed by atoms with Crippen LogP contribution in [0.3, 0.4) is 0 Å². The number of nitrogens with one attached hydrogen (secondary N) is 1. The quantitative estimate of drug-likeness (QED) is 0.502. The van der Waals surface area contributed by atoms with Crippen molar-refractivity contribution in [2.75, 3.05) is 26.2 Å². The van der Waals surface area contributed by atoms with Gasteiger partial charge in [-0.15, -0.1) is 5.92 Å². The van der Waals surface area contributed by atoms with Gasteiger partial charge in [-0.3, -0.25) is 9.59 Å². The Morgan fingerprint density at radius 2 is 1.61 bits per heavy atom. The van der Waals surface area contributed by atoms with Crippen LogP contribution in [0.15, 0.2) is 54.6 Å². The van der Waals surface area contributed by atoms with Crippen molar-refractivity contribution in [2.45, 2.75) is 76.3 Å². The lowest BCUT2D eigenvalue weighted by molar-refractivity contribution is -0.133. The van der Waals surface area contributed by atoms with Crippen LogP contribution in [-0.2, 0) is 9.59 Å². The van der Waals surface area contributed by atoms with Gasteiger partial charge in [-0.1, -0.05) is 55.3 Å². The molecule has 2 aliphatic heterocycles. The first-order valence-electron chi connectivity index (χ1n) is 14.1. The summed E-state index contributed by atoms with van der Waals surface area (Å²) in [5.41, 5.74) is 2.05. The van der Waals surface area contributed by atoms with Crippen LogP contribution in [0.2, 0.25) is 0 Å². The van der Waals surface area contributed by atoms with E-state index in [0.717, 1.165) is 69.4 Å². The second-order valence-electron chi connectivity index (χ2n) is 10.5. The van der Waals surface area contributed by atoms with Crippen LogP contribution in [0.4, 0.5) is 0 Å². The maximum atomic E-state index is 13.1. The van der Waals surface area contributed by atoms with Crippen molar-refractivity contribution in [3.8, 4) is 17.6 Å². The van der Waals surface area contributed by atoms with Gasteiger partial charge in [0, 0.05) is 44.7 Å². The lowest BCUT2D eigenvalue weighted by atomic mass is 9.93. The fraction of sp³-hybridized carbons (Fsp3) is 0.500. The van der Waals surface area contributed by atoms with Gasteiger partial charge in [0.25, 0.3) is 0 Å². The summed E-state index contributed by atoms with van der Waals surface area (Å²) in [6, 6.07) is 17.8. The first-order chi connectivity index (χ1) is 18.5. The van der Waals surface area contributed by atoms with Crippen LogP contribution in [0.1, 0.15) is 75.3 Å². The van der Waals surface area contributed by atoms with Gasteiger partial charge in [0.2, 0.25) is 11.8 Å². The minimum Gasteiger partial charge on any atom is -0.508 e. The molecule has 2 heterocycles. The number of amides is 2. The second-order valence-corrected chi connectivity index (χ2v) is 10.5. The highest BCUT2D eigenvalue weighted by Gasteiger charge is 2.31. The van der Waals surface area contributed by atoms with Gasteiger partial charge in [-0.05, 0) is 62.3 Å². The van der Waals surface area contributed by atoms with Crippen LogP contribution >= 0.6 is 0 Å². The Bertz CT molecular complexity index is 1110. The first-order valence-corrected chi connectivity index (χ1v) is 14.1. The molecule has 0 bridgehead atoms. The van der Waals surface area contributed by atoms with E-state index < -0.39 is 0 Å². The van der Waals surface area contributed by atoms with Crippen LogP contribution in [-0.4, -0.2) is 65.0 Å². The standard InChI is InChI=1S/C32H41N3O3/c1-3-8-26(24-11-13-29(36)14-12-24)23-31(37)35-21-17-28(18-22-35)34-19-15-27(16-20-34)33-32(38)30(4-2)25-9-6-5-7-10-25/h5-7,9-14,26-28,30,36H,4,15-23H2,1-2H3,(H,33,38)/t26-,30?/m0/s1. The van der Waals surface area contributed by atoms with E-state index in [-0.39, 0.29) is 35.4 Å². The molecule has 6 heteroatoms. The predicted molar refractivity (Wildman–Crippen MR) is 151 cm³/mol. The lowest BCUT2D eigenvalue weighted by Crippen LogP contribution is -2.52. The number of rotatable bonds is 8. The molecule has 0 aliphatic carbocycles. The monoisotopic (exact) mass is 515 g/mol. The van der Waals surface area contributed by atoms with E-state index in [9.17, 15) is 14.7 Å².